The smallest absolute Gasteiger partial charge is 0.254 e. The maximum absolute atomic E-state index is 13.3. The summed E-state index contributed by atoms with van der Waals surface area (Å²) in [5, 5.41) is 11.2. The van der Waals surface area contributed by atoms with Crippen LogP contribution in [0, 0.1) is 5.92 Å². The first-order chi connectivity index (χ1) is 14.0. The van der Waals surface area contributed by atoms with E-state index in [1.807, 2.05) is 49.4 Å². The van der Waals surface area contributed by atoms with E-state index in [4.69, 9.17) is 17.3 Å². The lowest BCUT2D eigenvalue weighted by Gasteiger charge is -2.38. The van der Waals surface area contributed by atoms with Crippen LogP contribution >= 0.6 is 11.6 Å². The van der Waals surface area contributed by atoms with Gasteiger partial charge >= 0.3 is 0 Å². The molecule has 0 saturated carbocycles. The molecule has 3 aromatic rings. The number of hydrogen-bond acceptors (Lipinski definition) is 4. The highest BCUT2D eigenvalue weighted by Gasteiger charge is 2.42. The largest absolute Gasteiger partial charge is 0.366 e. The fourth-order valence-corrected chi connectivity index (χ4v) is 3.88. The third kappa shape index (κ3) is 3.56. The van der Waals surface area contributed by atoms with Gasteiger partial charge in [0, 0.05) is 16.8 Å². The van der Waals surface area contributed by atoms with Crippen LogP contribution in [0.15, 0.2) is 60.8 Å². The predicted molar refractivity (Wildman–Crippen MR) is 112 cm³/mol. The number of para-hydroxylation sites is 1. The van der Waals surface area contributed by atoms with Crippen molar-refractivity contribution in [1.29, 1.82) is 0 Å². The number of benzene rings is 2. The minimum Gasteiger partial charge on any atom is -0.366 e. The van der Waals surface area contributed by atoms with Crippen molar-refractivity contribution in [1.82, 2.24) is 9.78 Å². The lowest BCUT2D eigenvalue weighted by Crippen LogP contribution is -2.46. The lowest BCUT2D eigenvalue weighted by atomic mass is 9.85. The highest BCUT2D eigenvalue weighted by Crippen LogP contribution is 2.39. The van der Waals surface area contributed by atoms with Crippen LogP contribution < -0.4 is 16.4 Å². The van der Waals surface area contributed by atoms with Gasteiger partial charge in [0.15, 0.2) is 0 Å². The standard InChI is InChI=1S/C21H20ClN5O2/c1-12-17(21(29)26-15-5-3-2-4-6-15)18(13-7-9-14(22)10-8-13)27-20(25-12)16(11-24-27)19(23)28/h2-12,17-18,25H,1H3,(H2,23,28)(H,26,29)/t12-,17+,18+/m0/s1. The Kier molecular flexibility index (Phi) is 4.98. The molecule has 0 radical (unpaired) electrons. The molecule has 0 unspecified atom stereocenters. The monoisotopic (exact) mass is 409 g/mol. The van der Waals surface area contributed by atoms with Gasteiger partial charge in [-0.25, -0.2) is 4.68 Å². The summed E-state index contributed by atoms with van der Waals surface area (Å²) < 4.78 is 1.65. The highest BCUT2D eigenvalue weighted by atomic mass is 35.5. The molecule has 29 heavy (non-hydrogen) atoms. The summed E-state index contributed by atoms with van der Waals surface area (Å²) in [6.45, 7) is 1.90. The Hall–Kier alpha value is -3.32. The van der Waals surface area contributed by atoms with Gasteiger partial charge in [0.25, 0.3) is 5.91 Å². The number of nitrogens with one attached hydrogen (secondary N) is 2. The Labute approximate surface area is 172 Å². The van der Waals surface area contributed by atoms with Crippen LogP contribution in [0.25, 0.3) is 0 Å². The number of primary amides is 1. The third-order valence-corrected chi connectivity index (χ3v) is 5.38. The van der Waals surface area contributed by atoms with Crippen LogP contribution in [0.4, 0.5) is 11.5 Å². The SMILES string of the molecule is C[C@@H]1Nc2c(C(N)=O)cnn2[C@H](c2ccc(Cl)cc2)[C@@H]1C(=O)Nc1ccccc1. The van der Waals surface area contributed by atoms with Crippen molar-refractivity contribution in [2.45, 2.75) is 19.0 Å². The van der Waals surface area contributed by atoms with Crippen LogP contribution in [-0.4, -0.2) is 27.6 Å². The number of amides is 2. The molecule has 8 heteroatoms. The predicted octanol–water partition coefficient (Wildman–Crippen LogP) is 3.29. The zero-order chi connectivity index (χ0) is 20.5. The number of carbonyl (C=O) groups excluding carboxylic acids is 2. The maximum Gasteiger partial charge on any atom is 0.254 e. The number of nitrogens with zero attached hydrogens (tertiary/aromatic N) is 2. The molecule has 148 valence electrons. The summed E-state index contributed by atoms with van der Waals surface area (Å²) in [6.07, 6.45) is 1.43. The van der Waals surface area contributed by atoms with Gasteiger partial charge < -0.3 is 16.4 Å². The Morgan fingerprint density at radius 2 is 1.83 bits per heavy atom. The molecule has 2 amide bonds. The Morgan fingerprint density at radius 3 is 2.48 bits per heavy atom. The number of carbonyl (C=O) groups is 2. The summed E-state index contributed by atoms with van der Waals surface area (Å²) in [4.78, 5) is 25.1. The lowest BCUT2D eigenvalue weighted by molar-refractivity contribution is -0.121. The molecule has 0 fully saturated rings. The summed E-state index contributed by atoms with van der Waals surface area (Å²) in [5.41, 5.74) is 7.36. The van der Waals surface area contributed by atoms with E-state index in [-0.39, 0.29) is 17.5 Å². The van der Waals surface area contributed by atoms with Gasteiger partial charge in [-0.1, -0.05) is 41.9 Å². The van der Waals surface area contributed by atoms with Crippen LogP contribution in [-0.2, 0) is 4.79 Å². The normalized spacial score (nSPS) is 20.4. The molecule has 3 atom stereocenters. The molecular weight excluding hydrogens is 390 g/mol. The molecule has 0 bridgehead atoms. The summed E-state index contributed by atoms with van der Waals surface area (Å²) in [6, 6.07) is 15.8. The van der Waals surface area contributed by atoms with Crippen molar-refractivity contribution < 1.29 is 9.59 Å². The van der Waals surface area contributed by atoms with Crippen molar-refractivity contribution in [3.05, 3.63) is 76.9 Å². The fourth-order valence-electron chi connectivity index (χ4n) is 3.75. The first-order valence-electron chi connectivity index (χ1n) is 9.21. The quantitative estimate of drug-likeness (QED) is 0.615. The maximum atomic E-state index is 13.3. The summed E-state index contributed by atoms with van der Waals surface area (Å²) >= 11 is 6.06. The highest BCUT2D eigenvalue weighted by molar-refractivity contribution is 6.30. The molecule has 7 nitrogen and oxygen atoms in total. The minimum atomic E-state index is -0.576. The zero-order valence-corrected chi connectivity index (χ0v) is 16.4. The second kappa shape index (κ2) is 7.60. The molecule has 4 N–H and O–H groups in total. The van der Waals surface area contributed by atoms with Crippen LogP contribution in [0.3, 0.4) is 0 Å². The number of nitrogens with two attached hydrogens (primary N) is 1. The molecule has 2 aromatic carbocycles. The van der Waals surface area contributed by atoms with Gasteiger partial charge in [-0.15, -0.1) is 0 Å². The average molecular weight is 410 g/mol. The van der Waals surface area contributed by atoms with Gasteiger partial charge in [-0.05, 0) is 36.8 Å². The van der Waals surface area contributed by atoms with Gasteiger partial charge in [0.1, 0.15) is 11.4 Å². The molecule has 2 heterocycles. The second-order valence-electron chi connectivity index (χ2n) is 7.03. The molecular formula is C21H20ClN5O2. The van der Waals surface area contributed by atoms with E-state index >= 15 is 0 Å². The van der Waals surface area contributed by atoms with Crippen LogP contribution in [0.1, 0.15) is 28.9 Å². The minimum absolute atomic E-state index is 0.155. The molecule has 1 aliphatic rings. The van der Waals surface area contributed by atoms with E-state index < -0.39 is 17.9 Å². The number of rotatable bonds is 4. The van der Waals surface area contributed by atoms with E-state index in [2.05, 4.69) is 15.7 Å². The van der Waals surface area contributed by atoms with Crippen molar-refractivity contribution in [3.8, 4) is 0 Å². The summed E-state index contributed by atoms with van der Waals surface area (Å²) in [7, 11) is 0. The van der Waals surface area contributed by atoms with E-state index in [9.17, 15) is 9.59 Å². The van der Waals surface area contributed by atoms with Crippen molar-refractivity contribution in [3.63, 3.8) is 0 Å². The van der Waals surface area contributed by atoms with Crippen molar-refractivity contribution >= 4 is 34.9 Å². The molecule has 0 aliphatic carbocycles. The summed E-state index contributed by atoms with van der Waals surface area (Å²) in [5.74, 6) is -0.718. The third-order valence-electron chi connectivity index (χ3n) is 5.12. The van der Waals surface area contributed by atoms with Crippen molar-refractivity contribution in [2.75, 3.05) is 10.6 Å². The number of hydrogen-bond donors (Lipinski definition) is 3. The molecule has 0 saturated heterocycles. The van der Waals surface area contributed by atoms with Crippen LogP contribution in [0.5, 0.6) is 0 Å². The van der Waals surface area contributed by atoms with Gasteiger partial charge in [0.05, 0.1) is 18.2 Å². The number of fused-ring (bicyclic) bond motifs is 1. The second-order valence-corrected chi connectivity index (χ2v) is 7.46. The fraction of sp³-hybridized carbons (Fsp3) is 0.190. The molecule has 4 rings (SSSR count). The Balaban J connectivity index is 1.78. The van der Waals surface area contributed by atoms with Crippen LogP contribution in [0.2, 0.25) is 5.02 Å². The van der Waals surface area contributed by atoms with Gasteiger partial charge in [-0.2, -0.15) is 5.10 Å². The van der Waals surface area contributed by atoms with E-state index in [1.54, 1.807) is 16.8 Å². The first kappa shape index (κ1) is 19.0. The van der Waals surface area contributed by atoms with Crippen molar-refractivity contribution in [2.24, 2.45) is 11.7 Å². The van der Waals surface area contributed by atoms with E-state index in [1.165, 1.54) is 6.20 Å². The first-order valence-corrected chi connectivity index (χ1v) is 9.58. The Bertz CT molecular complexity index is 1050. The van der Waals surface area contributed by atoms with E-state index in [0.717, 1.165) is 5.56 Å². The van der Waals surface area contributed by atoms with E-state index in [0.29, 0.717) is 16.5 Å². The molecule has 1 aromatic heterocycles. The molecule has 1 aliphatic heterocycles. The van der Waals surface area contributed by atoms with Gasteiger partial charge in [0.2, 0.25) is 5.91 Å². The number of halogens is 1. The molecule has 0 spiro atoms. The topological polar surface area (TPSA) is 102 Å². The number of anilines is 2. The Morgan fingerprint density at radius 1 is 1.14 bits per heavy atom. The van der Waals surface area contributed by atoms with Gasteiger partial charge in [-0.3, -0.25) is 9.59 Å². The average Bonchev–Trinajstić information content (AvgIpc) is 3.12. The zero-order valence-electron chi connectivity index (χ0n) is 15.7. The number of aromatic nitrogens is 2.